The van der Waals surface area contributed by atoms with Crippen molar-refractivity contribution in [2.75, 3.05) is 19.5 Å². The number of methoxy groups -OCH3 is 2. The summed E-state index contributed by atoms with van der Waals surface area (Å²) in [7, 11) is 3.14. The normalized spacial score (nSPS) is 10.2. The second kappa shape index (κ2) is 9.05. The van der Waals surface area contributed by atoms with Gasteiger partial charge in [-0.05, 0) is 29.8 Å². The van der Waals surface area contributed by atoms with E-state index < -0.39 is 0 Å². The number of hydrogen-bond acceptors (Lipinski definition) is 6. The monoisotopic (exact) mass is 398 g/mol. The summed E-state index contributed by atoms with van der Waals surface area (Å²) in [5, 5.41) is 6.60. The molecule has 0 spiro atoms. The van der Waals surface area contributed by atoms with Gasteiger partial charge in [-0.3, -0.25) is 4.79 Å². The number of amides is 1. The highest BCUT2D eigenvalue weighted by molar-refractivity contribution is 6.30. The van der Waals surface area contributed by atoms with Crippen LogP contribution in [0.5, 0.6) is 11.5 Å². The van der Waals surface area contributed by atoms with Gasteiger partial charge >= 0.3 is 0 Å². The topological polar surface area (TPSA) is 85.4 Å². The molecule has 1 amide bonds. The molecule has 1 aromatic heterocycles. The number of ether oxygens (including phenoxy) is 2. The Bertz CT molecular complexity index is 964. The molecule has 0 saturated heterocycles. The van der Waals surface area contributed by atoms with Crippen molar-refractivity contribution in [3.05, 3.63) is 71.1 Å². The van der Waals surface area contributed by atoms with Crippen LogP contribution in [-0.4, -0.2) is 30.1 Å². The number of nitrogens with zero attached hydrogens (tertiary/aromatic N) is 2. The van der Waals surface area contributed by atoms with Crippen LogP contribution in [0.2, 0.25) is 5.02 Å². The second-order valence-electron chi connectivity index (χ2n) is 5.79. The second-order valence-corrected chi connectivity index (χ2v) is 6.23. The van der Waals surface area contributed by atoms with Crippen LogP contribution in [0.3, 0.4) is 0 Å². The first kappa shape index (κ1) is 19.4. The summed E-state index contributed by atoms with van der Waals surface area (Å²) >= 11 is 5.86. The fourth-order valence-corrected chi connectivity index (χ4v) is 2.61. The number of anilines is 2. The van der Waals surface area contributed by atoms with Gasteiger partial charge in [0.05, 0.1) is 14.2 Å². The average Bonchev–Trinajstić information content (AvgIpc) is 2.73. The number of benzene rings is 2. The minimum atomic E-state index is -0.298. The van der Waals surface area contributed by atoms with Crippen molar-refractivity contribution in [2.45, 2.75) is 6.54 Å². The van der Waals surface area contributed by atoms with Crippen molar-refractivity contribution in [2.24, 2.45) is 0 Å². The molecule has 0 unspecified atom stereocenters. The number of carbonyl (C=O) groups excluding carboxylic acids is 1. The molecular weight excluding hydrogens is 380 g/mol. The van der Waals surface area contributed by atoms with E-state index >= 15 is 0 Å². The standard InChI is InChI=1S/C20H19ClN4O3/c1-27-17-8-7-15(9-18(17)28-2)25-19-10-16(23-12-24-19)20(26)22-11-13-3-5-14(21)6-4-13/h3-10,12H,11H2,1-2H3,(H,22,26)(H,23,24,25). The average molecular weight is 399 g/mol. The van der Waals surface area contributed by atoms with E-state index in [0.29, 0.717) is 28.9 Å². The lowest BCUT2D eigenvalue weighted by Gasteiger charge is -2.11. The molecule has 0 radical (unpaired) electrons. The fraction of sp³-hybridized carbons (Fsp3) is 0.150. The molecule has 0 atom stereocenters. The lowest BCUT2D eigenvalue weighted by atomic mass is 10.2. The largest absolute Gasteiger partial charge is 0.493 e. The van der Waals surface area contributed by atoms with E-state index in [0.717, 1.165) is 11.3 Å². The highest BCUT2D eigenvalue weighted by Crippen LogP contribution is 2.30. The van der Waals surface area contributed by atoms with Crippen molar-refractivity contribution in [1.82, 2.24) is 15.3 Å². The van der Waals surface area contributed by atoms with E-state index in [9.17, 15) is 4.79 Å². The molecule has 7 nitrogen and oxygen atoms in total. The summed E-state index contributed by atoms with van der Waals surface area (Å²) in [4.78, 5) is 20.6. The number of nitrogens with one attached hydrogen (secondary N) is 2. The first-order valence-corrected chi connectivity index (χ1v) is 8.80. The summed E-state index contributed by atoms with van der Waals surface area (Å²) in [5.41, 5.74) is 1.94. The molecule has 8 heteroatoms. The Morgan fingerprint density at radius 3 is 2.46 bits per heavy atom. The Morgan fingerprint density at radius 1 is 1.00 bits per heavy atom. The van der Waals surface area contributed by atoms with E-state index in [1.165, 1.54) is 6.33 Å². The third-order valence-electron chi connectivity index (χ3n) is 3.92. The smallest absolute Gasteiger partial charge is 0.270 e. The molecular formula is C20H19ClN4O3. The number of rotatable bonds is 7. The maximum atomic E-state index is 12.4. The van der Waals surface area contributed by atoms with E-state index in [1.807, 2.05) is 18.2 Å². The molecule has 2 aromatic carbocycles. The number of aromatic nitrogens is 2. The van der Waals surface area contributed by atoms with Gasteiger partial charge in [0.1, 0.15) is 17.8 Å². The summed E-state index contributed by atoms with van der Waals surface area (Å²) in [6.45, 7) is 0.373. The molecule has 1 heterocycles. The lowest BCUT2D eigenvalue weighted by molar-refractivity contribution is 0.0946. The van der Waals surface area contributed by atoms with Crippen LogP contribution in [0.25, 0.3) is 0 Å². The van der Waals surface area contributed by atoms with Gasteiger partial charge in [0.15, 0.2) is 11.5 Å². The molecule has 0 fully saturated rings. The van der Waals surface area contributed by atoms with Gasteiger partial charge in [-0.25, -0.2) is 9.97 Å². The van der Waals surface area contributed by atoms with Crippen LogP contribution in [0.15, 0.2) is 54.9 Å². The molecule has 3 rings (SSSR count). The minimum Gasteiger partial charge on any atom is -0.493 e. The fourth-order valence-electron chi connectivity index (χ4n) is 2.49. The third kappa shape index (κ3) is 4.89. The zero-order valence-corrected chi connectivity index (χ0v) is 16.2. The Kier molecular flexibility index (Phi) is 6.29. The van der Waals surface area contributed by atoms with Crippen molar-refractivity contribution in [1.29, 1.82) is 0 Å². The van der Waals surface area contributed by atoms with Gasteiger partial charge in [0.25, 0.3) is 5.91 Å². The first-order chi connectivity index (χ1) is 13.6. The minimum absolute atomic E-state index is 0.256. The van der Waals surface area contributed by atoms with Crippen molar-refractivity contribution in [3.63, 3.8) is 0 Å². The zero-order chi connectivity index (χ0) is 19.9. The van der Waals surface area contributed by atoms with Crippen molar-refractivity contribution in [3.8, 4) is 11.5 Å². The zero-order valence-electron chi connectivity index (χ0n) is 15.4. The van der Waals surface area contributed by atoms with Crippen LogP contribution >= 0.6 is 11.6 Å². The van der Waals surface area contributed by atoms with Crippen LogP contribution < -0.4 is 20.1 Å². The van der Waals surface area contributed by atoms with E-state index in [1.54, 1.807) is 44.6 Å². The van der Waals surface area contributed by atoms with Crippen molar-refractivity contribution < 1.29 is 14.3 Å². The van der Waals surface area contributed by atoms with Crippen LogP contribution in [0, 0.1) is 0 Å². The molecule has 0 saturated carbocycles. The van der Waals surface area contributed by atoms with Crippen LogP contribution in [-0.2, 0) is 6.54 Å². The highest BCUT2D eigenvalue weighted by Gasteiger charge is 2.10. The molecule has 0 aliphatic rings. The molecule has 28 heavy (non-hydrogen) atoms. The highest BCUT2D eigenvalue weighted by atomic mass is 35.5. The van der Waals surface area contributed by atoms with Gasteiger partial charge in [-0.2, -0.15) is 0 Å². The summed E-state index contributed by atoms with van der Waals surface area (Å²) in [6, 6.07) is 14.2. The van der Waals surface area contributed by atoms with Gasteiger partial charge in [-0.1, -0.05) is 23.7 Å². The van der Waals surface area contributed by atoms with Crippen LogP contribution in [0.4, 0.5) is 11.5 Å². The molecule has 0 aliphatic heterocycles. The van der Waals surface area contributed by atoms with E-state index in [2.05, 4.69) is 20.6 Å². The summed E-state index contributed by atoms with van der Waals surface area (Å²) in [5.74, 6) is 1.40. The molecule has 0 aliphatic carbocycles. The number of hydrogen-bond donors (Lipinski definition) is 2. The Morgan fingerprint density at radius 2 is 1.75 bits per heavy atom. The maximum absolute atomic E-state index is 12.4. The molecule has 144 valence electrons. The van der Waals surface area contributed by atoms with Gasteiger partial charge < -0.3 is 20.1 Å². The third-order valence-corrected chi connectivity index (χ3v) is 4.17. The van der Waals surface area contributed by atoms with Crippen molar-refractivity contribution >= 4 is 29.0 Å². The number of halogens is 1. The SMILES string of the molecule is COc1ccc(Nc2cc(C(=O)NCc3ccc(Cl)cc3)ncn2)cc1OC. The molecule has 2 N–H and O–H groups in total. The van der Waals surface area contributed by atoms with E-state index in [-0.39, 0.29) is 11.6 Å². The number of carbonyl (C=O) groups is 1. The van der Waals surface area contributed by atoms with Crippen LogP contribution in [0.1, 0.15) is 16.1 Å². The lowest BCUT2D eigenvalue weighted by Crippen LogP contribution is -2.24. The predicted octanol–water partition coefficient (Wildman–Crippen LogP) is 3.82. The summed E-state index contributed by atoms with van der Waals surface area (Å²) < 4.78 is 10.5. The van der Waals surface area contributed by atoms with Gasteiger partial charge in [-0.15, -0.1) is 0 Å². The Labute approximate surface area is 167 Å². The summed E-state index contributed by atoms with van der Waals surface area (Å²) in [6.07, 6.45) is 1.33. The predicted molar refractivity (Wildman–Crippen MR) is 107 cm³/mol. The Hall–Kier alpha value is -3.32. The van der Waals surface area contributed by atoms with Gasteiger partial charge in [0.2, 0.25) is 0 Å². The molecule has 3 aromatic rings. The first-order valence-electron chi connectivity index (χ1n) is 8.43. The Balaban J connectivity index is 1.67. The maximum Gasteiger partial charge on any atom is 0.270 e. The van der Waals surface area contributed by atoms with E-state index in [4.69, 9.17) is 21.1 Å². The van der Waals surface area contributed by atoms with Gasteiger partial charge in [0, 0.05) is 29.4 Å². The molecule has 0 bridgehead atoms. The quantitative estimate of drug-likeness (QED) is 0.629.